The lowest BCUT2D eigenvalue weighted by Gasteiger charge is -2.29. The highest BCUT2D eigenvalue weighted by molar-refractivity contribution is 5.89. The summed E-state index contributed by atoms with van der Waals surface area (Å²) in [4.78, 5) is 20.3. The number of rotatable bonds is 4. The van der Waals surface area contributed by atoms with Crippen molar-refractivity contribution in [2.24, 2.45) is 0 Å². The van der Waals surface area contributed by atoms with Crippen molar-refractivity contribution in [2.45, 2.75) is 37.8 Å². The Labute approximate surface area is 161 Å². The smallest absolute Gasteiger partial charge is 0.319 e. The molecular formula is C19H19N5O4. The Kier molecular flexibility index (Phi) is 5.10. The topological polar surface area (TPSA) is 118 Å². The van der Waals surface area contributed by atoms with Crippen LogP contribution < -0.4 is 24.8 Å². The highest BCUT2D eigenvalue weighted by atomic mass is 16.7. The third-order valence-electron chi connectivity index (χ3n) is 4.69. The zero-order valence-corrected chi connectivity index (χ0v) is 15.1. The van der Waals surface area contributed by atoms with E-state index in [1.807, 2.05) is 6.07 Å². The first-order valence-corrected chi connectivity index (χ1v) is 9.06. The van der Waals surface area contributed by atoms with Crippen molar-refractivity contribution in [3.63, 3.8) is 0 Å². The monoisotopic (exact) mass is 381 g/mol. The summed E-state index contributed by atoms with van der Waals surface area (Å²) in [7, 11) is 0. The molecule has 1 aromatic carbocycles. The van der Waals surface area contributed by atoms with Crippen molar-refractivity contribution in [3.05, 3.63) is 36.3 Å². The van der Waals surface area contributed by atoms with Crippen LogP contribution in [0.15, 0.2) is 30.6 Å². The Balaban J connectivity index is 1.25. The van der Waals surface area contributed by atoms with Gasteiger partial charge in [0.1, 0.15) is 12.2 Å². The summed E-state index contributed by atoms with van der Waals surface area (Å²) in [5.74, 6) is 1.56. The Bertz CT molecular complexity index is 905. The number of ether oxygens (including phenoxy) is 3. The van der Waals surface area contributed by atoms with Gasteiger partial charge in [-0.1, -0.05) is 0 Å². The number of carbonyl (C=O) groups is 1. The highest BCUT2D eigenvalue weighted by Gasteiger charge is 2.25. The Morgan fingerprint density at radius 1 is 1.14 bits per heavy atom. The number of nitrogens with zero attached hydrogens (tertiary/aromatic N) is 3. The highest BCUT2D eigenvalue weighted by Crippen LogP contribution is 2.34. The van der Waals surface area contributed by atoms with Gasteiger partial charge in [-0.3, -0.25) is 0 Å². The molecule has 1 fully saturated rings. The molecule has 2 heterocycles. The average molecular weight is 381 g/mol. The van der Waals surface area contributed by atoms with Crippen LogP contribution in [-0.4, -0.2) is 34.9 Å². The fraction of sp³-hybridized carbons (Fsp3) is 0.368. The Hall–Kier alpha value is -3.54. The van der Waals surface area contributed by atoms with Gasteiger partial charge in [0.15, 0.2) is 11.5 Å². The molecule has 28 heavy (non-hydrogen) atoms. The van der Waals surface area contributed by atoms with Crippen LogP contribution in [0.4, 0.5) is 10.5 Å². The van der Waals surface area contributed by atoms with Gasteiger partial charge in [0.25, 0.3) is 5.88 Å². The lowest BCUT2D eigenvalue weighted by atomic mass is 9.93. The van der Waals surface area contributed by atoms with Crippen molar-refractivity contribution in [1.82, 2.24) is 15.3 Å². The molecule has 0 atom stereocenters. The lowest BCUT2D eigenvalue weighted by Crippen LogP contribution is -2.41. The van der Waals surface area contributed by atoms with E-state index < -0.39 is 0 Å². The van der Waals surface area contributed by atoms with E-state index in [4.69, 9.17) is 19.5 Å². The number of nitrogens with one attached hydrogen (secondary N) is 2. The van der Waals surface area contributed by atoms with Crippen LogP contribution in [0.2, 0.25) is 0 Å². The SMILES string of the molecule is N#Cc1nccnc1OC1CCC(NC(=O)Nc2ccc3c(c2)OCO3)CC1. The Morgan fingerprint density at radius 2 is 1.93 bits per heavy atom. The van der Waals surface area contributed by atoms with Crippen LogP contribution in [-0.2, 0) is 0 Å². The zero-order valence-electron chi connectivity index (χ0n) is 15.1. The first kappa shape index (κ1) is 17.9. The second-order valence-corrected chi connectivity index (χ2v) is 6.58. The van der Waals surface area contributed by atoms with Gasteiger partial charge in [-0.15, -0.1) is 0 Å². The van der Waals surface area contributed by atoms with E-state index in [1.54, 1.807) is 18.2 Å². The van der Waals surface area contributed by atoms with Gasteiger partial charge in [0.05, 0.1) is 0 Å². The fourth-order valence-corrected chi connectivity index (χ4v) is 3.30. The molecule has 9 heteroatoms. The minimum Gasteiger partial charge on any atom is -0.472 e. The third kappa shape index (κ3) is 4.06. The average Bonchev–Trinajstić information content (AvgIpc) is 3.18. The minimum absolute atomic E-state index is 0.0428. The summed E-state index contributed by atoms with van der Waals surface area (Å²) in [6.45, 7) is 0.195. The molecule has 0 saturated heterocycles. The van der Waals surface area contributed by atoms with Crippen LogP contribution >= 0.6 is 0 Å². The molecule has 2 aliphatic rings. The van der Waals surface area contributed by atoms with Crippen molar-refractivity contribution >= 4 is 11.7 Å². The number of urea groups is 1. The number of benzene rings is 1. The van der Waals surface area contributed by atoms with Crippen molar-refractivity contribution in [1.29, 1.82) is 5.26 Å². The first-order chi connectivity index (χ1) is 13.7. The summed E-state index contributed by atoms with van der Waals surface area (Å²) in [5, 5.41) is 14.9. The second kappa shape index (κ2) is 8.00. The van der Waals surface area contributed by atoms with Gasteiger partial charge in [0, 0.05) is 30.2 Å². The van der Waals surface area contributed by atoms with E-state index in [2.05, 4.69) is 20.6 Å². The molecule has 1 aliphatic heterocycles. The van der Waals surface area contributed by atoms with Crippen molar-refractivity contribution in [3.8, 4) is 23.4 Å². The summed E-state index contributed by atoms with van der Waals surface area (Å²) in [5.41, 5.74) is 0.830. The van der Waals surface area contributed by atoms with E-state index in [9.17, 15) is 4.79 Å². The van der Waals surface area contributed by atoms with Gasteiger partial charge in [-0.25, -0.2) is 14.8 Å². The van der Waals surface area contributed by atoms with E-state index in [0.717, 1.165) is 25.7 Å². The van der Waals surface area contributed by atoms with Crippen LogP contribution in [0.25, 0.3) is 0 Å². The van der Waals surface area contributed by atoms with Crippen LogP contribution in [0, 0.1) is 11.3 Å². The summed E-state index contributed by atoms with van der Waals surface area (Å²) < 4.78 is 16.4. The van der Waals surface area contributed by atoms with E-state index in [-0.39, 0.29) is 36.5 Å². The molecule has 0 unspecified atom stereocenters. The molecule has 0 spiro atoms. The number of carbonyl (C=O) groups excluding carboxylic acids is 1. The number of anilines is 1. The summed E-state index contributed by atoms with van der Waals surface area (Å²) in [6.07, 6.45) is 6.00. The quantitative estimate of drug-likeness (QED) is 0.835. The number of hydrogen-bond acceptors (Lipinski definition) is 7. The standard InChI is InChI=1S/C19H19N5O4/c20-10-15-18(22-8-7-21-15)28-14-4-1-12(2-5-14)23-19(25)24-13-3-6-16-17(9-13)27-11-26-16/h3,6-9,12,14H,1-2,4-5,11H2,(H2,23,24,25). The number of aromatic nitrogens is 2. The van der Waals surface area contributed by atoms with E-state index in [1.165, 1.54) is 12.4 Å². The fourth-order valence-electron chi connectivity index (χ4n) is 3.30. The summed E-state index contributed by atoms with van der Waals surface area (Å²) >= 11 is 0. The largest absolute Gasteiger partial charge is 0.472 e. The lowest BCUT2D eigenvalue weighted by molar-refractivity contribution is 0.134. The molecule has 9 nitrogen and oxygen atoms in total. The van der Waals surface area contributed by atoms with Gasteiger partial charge in [-0.05, 0) is 37.8 Å². The maximum Gasteiger partial charge on any atom is 0.319 e. The molecule has 2 amide bonds. The molecule has 2 aromatic rings. The summed E-state index contributed by atoms with van der Waals surface area (Å²) in [6, 6.07) is 7.05. The van der Waals surface area contributed by atoms with E-state index >= 15 is 0 Å². The molecule has 144 valence electrons. The minimum atomic E-state index is -0.260. The molecule has 0 radical (unpaired) electrons. The number of fused-ring (bicyclic) bond motifs is 1. The molecule has 0 bridgehead atoms. The van der Waals surface area contributed by atoms with Crippen LogP contribution in [0.5, 0.6) is 17.4 Å². The molecule has 1 aliphatic carbocycles. The van der Waals surface area contributed by atoms with Gasteiger partial charge < -0.3 is 24.8 Å². The molecule has 1 aromatic heterocycles. The maximum absolute atomic E-state index is 12.3. The van der Waals surface area contributed by atoms with Gasteiger partial charge >= 0.3 is 6.03 Å². The van der Waals surface area contributed by atoms with Crippen molar-refractivity contribution in [2.75, 3.05) is 12.1 Å². The first-order valence-electron chi connectivity index (χ1n) is 9.06. The third-order valence-corrected chi connectivity index (χ3v) is 4.69. The number of amides is 2. The zero-order chi connectivity index (χ0) is 19.3. The molecule has 2 N–H and O–H groups in total. The van der Waals surface area contributed by atoms with Crippen molar-refractivity contribution < 1.29 is 19.0 Å². The number of nitriles is 1. The second-order valence-electron chi connectivity index (χ2n) is 6.58. The Morgan fingerprint density at radius 3 is 2.75 bits per heavy atom. The number of hydrogen-bond donors (Lipinski definition) is 2. The maximum atomic E-state index is 12.3. The van der Waals surface area contributed by atoms with Gasteiger partial charge in [0.2, 0.25) is 12.5 Å². The predicted molar refractivity (Wildman–Crippen MR) is 98.1 cm³/mol. The molecule has 1 saturated carbocycles. The molecule has 4 rings (SSSR count). The normalized spacial score (nSPS) is 20.1. The van der Waals surface area contributed by atoms with Crippen LogP contribution in [0.1, 0.15) is 31.4 Å². The van der Waals surface area contributed by atoms with E-state index in [0.29, 0.717) is 17.2 Å². The van der Waals surface area contributed by atoms with Gasteiger partial charge in [-0.2, -0.15) is 5.26 Å². The van der Waals surface area contributed by atoms with Crippen LogP contribution in [0.3, 0.4) is 0 Å². The predicted octanol–water partition coefficient (Wildman–Crippen LogP) is 2.59. The molecular weight excluding hydrogens is 362 g/mol.